The maximum absolute atomic E-state index is 11.8. The first-order chi connectivity index (χ1) is 31.7. The van der Waals surface area contributed by atoms with Gasteiger partial charge in [-0.2, -0.15) is 0 Å². The van der Waals surface area contributed by atoms with Crippen molar-refractivity contribution in [2.45, 2.75) is 109 Å². The molecule has 0 saturated heterocycles. The van der Waals surface area contributed by atoms with Gasteiger partial charge in [0.2, 0.25) is 10.0 Å². The minimum Gasteiger partial charge on any atom is -0.506 e. The van der Waals surface area contributed by atoms with Crippen molar-refractivity contribution >= 4 is 33.6 Å². The summed E-state index contributed by atoms with van der Waals surface area (Å²) in [5.41, 5.74) is 5.14. The molecule has 6 rings (SSSR count). The number of carbonyl (C=O) groups excluding carboxylic acids is 2. The number of allylic oxidation sites excluding steroid dienone is 1. The van der Waals surface area contributed by atoms with E-state index >= 15 is 0 Å². The SMILES string of the molecule is C/C=C/C(=O)O.CCOC(=O)c1ccc(C2CCC(NCC(O)COc3ccc(O)c(NS(C)(=O)=O)c3)CC2)cc1.CCOC(=O)c1ccc(C2CCC(NCc3ccccc3)CC2)cc1. The molecule has 0 aliphatic heterocycles. The monoisotopic (exact) mass is 929 g/mol. The number of aliphatic hydroxyl groups is 1. The Morgan fingerprint density at radius 1 is 0.727 bits per heavy atom. The number of esters is 2. The van der Waals surface area contributed by atoms with Crippen molar-refractivity contribution in [2.24, 2.45) is 0 Å². The minimum absolute atomic E-state index is 0.0184. The smallest absolute Gasteiger partial charge is 0.338 e. The molecule has 2 fully saturated rings. The fourth-order valence-corrected chi connectivity index (χ4v) is 8.48. The first-order valence-electron chi connectivity index (χ1n) is 22.7. The van der Waals surface area contributed by atoms with Crippen LogP contribution >= 0.6 is 0 Å². The van der Waals surface area contributed by atoms with Gasteiger partial charge in [-0.3, -0.25) is 4.72 Å². The first kappa shape index (κ1) is 52.9. The van der Waals surface area contributed by atoms with Gasteiger partial charge in [0, 0.05) is 37.3 Å². The number of carboxylic acids is 1. The molecule has 4 aromatic rings. The molecule has 358 valence electrons. The Hall–Kier alpha value is -5.74. The molecule has 0 bridgehead atoms. The summed E-state index contributed by atoms with van der Waals surface area (Å²) in [4.78, 5) is 33.1. The number of nitrogens with one attached hydrogen (secondary N) is 3. The molecule has 4 aromatic carbocycles. The largest absolute Gasteiger partial charge is 0.506 e. The zero-order valence-corrected chi connectivity index (χ0v) is 39.3. The molecule has 0 aromatic heterocycles. The van der Waals surface area contributed by atoms with E-state index in [1.54, 1.807) is 13.8 Å². The number of benzene rings is 4. The summed E-state index contributed by atoms with van der Waals surface area (Å²) >= 11 is 0. The van der Waals surface area contributed by atoms with Crippen LogP contribution in [0.3, 0.4) is 0 Å². The molecule has 0 amide bonds. The van der Waals surface area contributed by atoms with Crippen LogP contribution in [0.1, 0.15) is 121 Å². The Bertz CT molecular complexity index is 2220. The molecule has 6 N–H and O–H groups in total. The van der Waals surface area contributed by atoms with E-state index in [0.29, 0.717) is 60.6 Å². The van der Waals surface area contributed by atoms with Crippen molar-refractivity contribution in [1.29, 1.82) is 0 Å². The highest BCUT2D eigenvalue weighted by molar-refractivity contribution is 7.92. The first-order valence-corrected chi connectivity index (χ1v) is 24.6. The molecular weight excluding hydrogens is 863 g/mol. The lowest BCUT2D eigenvalue weighted by Crippen LogP contribution is -2.39. The van der Waals surface area contributed by atoms with Crippen molar-refractivity contribution in [2.75, 3.05) is 37.3 Å². The molecule has 1 atom stereocenters. The Balaban J connectivity index is 0.000000267. The molecule has 2 aliphatic carbocycles. The summed E-state index contributed by atoms with van der Waals surface area (Å²) < 4.78 is 40.7. The average Bonchev–Trinajstić information content (AvgIpc) is 3.31. The van der Waals surface area contributed by atoms with Crippen LogP contribution in [0.15, 0.2) is 109 Å². The van der Waals surface area contributed by atoms with Crippen LogP contribution in [0.4, 0.5) is 5.69 Å². The lowest BCUT2D eigenvalue weighted by Gasteiger charge is -2.30. The Morgan fingerprint density at radius 3 is 1.67 bits per heavy atom. The van der Waals surface area contributed by atoms with Gasteiger partial charge in [0.05, 0.1) is 36.3 Å². The van der Waals surface area contributed by atoms with Gasteiger partial charge in [-0.25, -0.2) is 22.8 Å². The number of ether oxygens (including phenoxy) is 3. The number of phenolic OH excluding ortho intramolecular Hbond substituents is 1. The molecule has 0 radical (unpaired) electrons. The van der Waals surface area contributed by atoms with Gasteiger partial charge in [-0.1, -0.05) is 60.7 Å². The van der Waals surface area contributed by atoms with Crippen LogP contribution in [-0.4, -0.2) is 92.5 Å². The van der Waals surface area contributed by atoms with Crippen LogP contribution in [-0.2, 0) is 30.8 Å². The number of aliphatic carboxylic acids is 1. The Labute approximate surface area is 389 Å². The number of aliphatic hydroxyl groups excluding tert-OH is 1. The summed E-state index contributed by atoms with van der Waals surface area (Å²) in [5.74, 6) is -0.253. The van der Waals surface area contributed by atoms with Gasteiger partial charge < -0.3 is 40.2 Å². The second kappa shape index (κ2) is 27.7. The quantitative estimate of drug-likeness (QED) is 0.0315. The van der Waals surface area contributed by atoms with E-state index in [0.717, 1.165) is 44.6 Å². The van der Waals surface area contributed by atoms with Crippen molar-refractivity contribution in [3.63, 3.8) is 0 Å². The van der Waals surface area contributed by atoms with Crippen molar-refractivity contribution in [1.82, 2.24) is 10.6 Å². The number of rotatable bonds is 18. The lowest BCUT2D eigenvalue weighted by molar-refractivity contribution is -0.131. The van der Waals surface area contributed by atoms with Crippen LogP contribution in [0, 0.1) is 0 Å². The van der Waals surface area contributed by atoms with E-state index in [9.17, 15) is 33.0 Å². The molecule has 2 aliphatic rings. The number of sulfonamides is 1. The minimum atomic E-state index is -3.54. The van der Waals surface area contributed by atoms with Gasteiger partial charge in [0.15, 0.2) is 0 Å². The number of hydrogen-bond donors (Lipinski definition) is 6. The van der Waals surface area contributed by atoms with Crippen LogP contribution < -0.4 is 20.1 Å². The number of aromatic hydroxyl groups is 1. The number of hydrogen-bond acceptors (Lipinski definition) is 12. The highest BCUT2D eigenvalue weighted by atomic mass is 32.2. The molecule has 66 heavy (non-hydrogen) atoms. The second-order valence-corrected chi connectivity index (χ2v) is 18.2. The molecule has 15 heteroatoms. The third kappa shape index (κ3) is 19.0. The number of anilines is 1. The fraction of sp³-hybridized carbons (Fsp3) is 0.431. The van der Waals surface area contributed by atoms with Crippen LogP contribution in [0.5, 0.6) is 11.5 Å². The Kier molecular flexibility index (Phi) is 22.2. The standard InChI is InChI=1S/C25H34N2O7S.C22H27NO2.C4H6O2/c1-3-33-25(30)19-6-4-17(5-7-19)18-8-10-20(11-9-18)26-15-21(28)16-34-22-12-13-24(29)23(14-22)27-35(2,31)32;1-2-25-22(24)20-10-8-18(9-11-20)19-12-14-21(15-13-19)23-16-17-6-4-3-5-7-17;1-2-3-4(5)6/h4-7,12-14,18,20-21,26-29H,3,8-11,15-16H2,1-2H3;3-11,19,21,23H,2,12-16H2,1H3;2-3H,1H3,(H,5,6)/b;;3-2+. The highest BCUT2D eigenvalue weighted by Crippen LogP contribution is 2.35. The molecule has 0 heterocycles. The summed E-state index contributed by atoms with van der Waals surface area (Å²) in [6.07, 6.45) is 11.6. The highest BCUT2D eigenvalue weighted by Gasteiger charge is 2.24. The number of carboxylic acid groups (broad SMARTS) is 1. The third-order valence-electron chi connectivity index (χ3n) is 11.3. The van der Waals surface area contributed by atoms with E-state index in [2.05, 4.69) is 57.8 Å². The van der Waals surface area contributed by atoms with Gasteiger partial charge in [-0.05, 0) is 137 Å². The topological polar surface area (TPSA) is 210 Å². The van der Waals surface area contributed by atoms with E-state index in [1.807, 2.05) is 43.3 Å². The summed E-state index contributed by atoms with van der Waals surface area (Å²) in [7, 11) is -3.54. The van der Waals surface area contributed by atoms with Crippen molar-refractivity contribution in [3.8, 4) is 11.5 Å². The van der Waals surface area contributed by atoms with Crippen LogP contribution in [0.2, 0.25) is 0 Å². The molecule has 1 unspecified atom stereocenters. The zero-order valence-electron chi connectivity index (χ0n) is 38.5. The third-order valence-corrected chi connectivity index (χ3v) is 11.9. The fourth-order valence-electron chi connectivity index (χ4n) is 7.91. The summed E-state index contributed by atoms with van der Waals surface area (Å²) in [6.45, 7) is 7.40. The predicted octanol–water partition coefficient (Wildman–Crippen LogP) is 8.32. The van der Waals surface area contributed by atoms with Gasteiger partial charge in [0.25, 0.3) is 0 Å². The average molecular weight is 930 g/mol. The zero-order chi connectivity index (χ0) is 47.9. The van der Waals surface area contributed by atoms with Crippen molar-refractivity contribution < 1.29 is 52.3 Å². The van der Waals surface area contributed by atoms with E-state index in [1.165, 1.54) is 66.6 Å². The lowest BCUT2D eigenvalue weighted by atomic mass is 9.81. The number of phenols is 1. The van der Waals surface area contributed by atoms with Gasteiger partial charge in [-0.15, -0.1) is 0 Å². The van der Waals surface area contributed by atoms with E-state index in [4.69, 9.17) is 19.3 Å². The second-order valence-electron chi connectivity index (χ2n) is 16.4. The molecular formula is C51H67N3O11S. The van der Waals surface area contributed by atoms with E-state index in [-0.39, 0.29) is 30.0 Å². The normalized spacial score (nSPS) is 18.6. The summed E-state index contributed by atoms with van der Waals surface area (Å²) in [5, 5.41) is 35.0. The number of carbonyl (C=O) groups is 3. The van der Waals surface area contributed by atoms with Gasteiger partial charge in [0.1, 0.15) is 24.2 Å². The van der Waals surface area contributed by atoms with Crippen molar-refractivity contribution in [3.05, 3.63) is 137 Å². The van der Waals surface area contributed by atoms with Gasteiger partial charge >= 0.3 is 17.9 Å². The molecule has 2 saturated carbocycles. The summed E-state index contributed by atoms with van der Waals surface area (Å²) in [6, 6.07) is 31.3. The van der Waals surface area contributed by atoms with E-state index < -0.39 is 22.1 Å². The molecule has 0 spiro atoms. The maximum atomic E-state index is 11.8. The van der Waals surface area contributed by atoms with Crippen LogP contribution in [0.25, 0.3) is 0 Å². The maximum Gasteiger partial charge on any atom is 0.338 e. The predicted molar refractivity (Wildman–Crippen MR) is 257 cm³/mol. The molecule has 14 nitrogen and oxygen atoms in total. The Morgan fingerprint density at radius 2 is 1.23 bits per heavy atom.